The fourth-order valence-corrected chi connectivity index (χ4v) is 7.07. The van der Waals surface area contributed by atoms with Gasteiger partial charge in [-0.25, -0.2) is 17.4 Å². The third-order valence-electron chi connectivity index (χ3n) is 7.36. The molecule has 0 saturated heterocycles. The van der Waals surface area contributed by atoms with Crippen LogP contribution < -0.4 is 14.3 Å². The zero-order valence-electron chi connectivity index (χ0n) is 25.0. The minimum atomic E-state index is -3.87. The van der Waals surface area contributed by atoms with Crippen molar-refractivity contribution in [2.75, 3.05) is 14.3 Å². The molecule has 0 bridgehead atoms. The van der Waals surface area contributed by atoms with Gasteiger partial charge in [0.1, 0.15) is 11.6 Å². The van der Waals surface area contributed by atoms with Crippen molar-refractivity contribution in [3.05, 3.63) is 108 Å². The van der Waals surface area contributed by atoms with Gasteiger partial charge in [-0.2, -0.15) is 0 Å². The zero-order valence-corrected chi connectivity index (χ0v) is 26.6. The third-order valence-corrected chi connectivity index (χ3v) is 9.52. The molecule has 2 atom stereocenters. The molecule has 238 valence electrons. The molecule has 5 rings (SSSR count). The van der Waals surface area contributed by atoms with Crippen molar-refractivity contribution in [3.8, 4) is 11.1 Å². The molecule has 0 aliphatic heterocycles. The van der Waals surface area contributed by atoms with Gasteiger partial charge in [-0.3, -0.25) is 18.4 Å². The molecule has 0 aliphatic rings. The lowest BCUT2D eigenvalue weighted by Crippen LogP contribution is -2.45. The van der Waals surface area contributed by atoms with E-state index in [9.17, 15) is 31.9 Å². The Balaban J connectivity index is 1.33. The maximum atomic E-state index is 13.2. The molecule has 1 amide bonds. The zero-order chi connectivity index (χ0) is 33.2. The molecule has 0 spiro atoms. The van der Waals surface area contributed by atoms with Gasteiger partial charge in [-0.15, -0.1) is 0 Å². The number of nitrogens with one attached hydrogen (secondary N) is 2. The number of fused-ring (bicyclic) bond motifs is 1. The standard InChI is InChI=1S/C33H31N3O8S2/c1-20(2)30(33(38)39)36(45(40)41)25-18-14-23(15-19-25)22-12-16-24(17-13-22)34-32(37)31-21(3)29-27(10-7-11-28(29)44-31)35-46(42,43)26-8-5-4-6-9-26/h4-20,30,35H,1-3H3,(H,34,37)(H,38,39)(H,40,41). The summed E-state index contributed by atoms with van der Waals surface area (Å²) >= 11 is -2.55. The molecule has 4 N–H and O–H groups in total. The van der Waals surface area contributed by atoms with Gasteiger partial charge < -0.3 is 14.8 Å². The van der Waals surface area contributed by atoms with Gasteiger partial charge in [0.15, 0.2) is 5.76 Å². The first-order valence-electron chi connectivity index (χ1n) is 14.1. The van der Waals surface area contributed by atoms with Crippen LogP contribution in [0.4, 0.5) is 17.1 Å². The van der Waals surface area contributed by atoms with E-state index in [1.165, 1.54) is 12.1 Å². The number of rotatable bonds is 11. The highest BCUT2D eigenvalue weighted by atomic mass is 32.2. The van der Waals surface area contributed by atoms with Crippen LogP contribution in [0.25, 0.3) is 22.1 Å². The molecule has 0 fully saturated rings. The van der Waals surface area contributed by atoms with E-state index >= 15 is 0 Å². The van der Waals surface area contributed by atoms with Gasteiger partial charge in [0.05, 0.1) is 16.3 Å². The maximum Gasteiger partial charge on any atom is 0.327 e. The summed E-state index contributed by atoms with van der Waals surface area (Å²) in [6.45, 7) is 5.01. The Morgan fingerprint density at radius 3 is 2.04 bits per heavy atom. The first kappa shape index (κ1) is 32.4. The molecule has 1 aromatic heterocycles. The Bertz CT molecular complexity index is 2030. The number of anilines is 3. The quantitative estimate of drug-likeness (QED) is 0.116. The molecule has 46 heavy (non-hydrogen) atoms. The van der Waals surface area contributed by atoms with Crippen LogP contribution in [0, 0.1) is 12.8 Å². The van der Waals surface area contributed by atoms with Crippen molar-refractivity contribution in [1.82, 2.24) is 0 Å². The second-order valence-corrected chi connectivity index (χ2v) is 13.4. The van der Waals surface area contributed by atoms with E-state index in [1.807, 2.05) is 0 Å². The van der Waals surface area contributed by atoms with Crippen molar-refractivity contribution >= 4 is 61.2 Å². The Morgan fingerprint density at radius 2 is 1.48 bits per heavy atom. The van der Waals surface area contributed by atoms with Crippen LogP contribution >= 0.6 is 0 Å². The number of hydrogen-bond acceptors (Lipinski definition) is 6. The number of nitrogens with zero attached hydrogens (tertiary/aromatic N) is 1. The summed E-state index contributed by atoms with van der Waals surface area (Å²) in [5.41, 5.74) is 3.42. The number of benzene rings is 4. The van der Waals surface area contributed by atoms with Crippen LogP contribution in [0.3, 0.4) is 0 Å². The van der Waals surface area contributed by atoms with E-state index in [0.717, 1.165) is 15.4 Å². The molecular formula is C33H31N3O8S2. The van der Waals surface area contributed by atoms with E-state index < -0.39 is 45.1 Å². The number of carboxylic acid groups (broad SMARTS) is 1. The Hall–Kier alpha value is -4.98. The normalized spacial score (nSPS) is 12.9. The fourth-order valence-electron chi connectivity index (χ4n) is 5.15. The second-order valence-electron chi connectivity index (χ2n) is 10.8. The number of furan rings is 1. The van der Waals surface area contributed by atoms with Crippen molar-refractivity contribution in [2.45, 2.75) is 31.7 Å². The molecule has 5 aromatic rings. The first-order chi connectivity index (χ1) is 21.9. The number of carboxylic acids is 1. The number of sulfonamides is 1. The molecular weight excluding hydrogens is 631 g/mol. The van der Waals surface area contributed by atoms with Crippen molar-refractivity contribution in [3.63, 3.8) is 0 Å². The lowest BCUT2D eigenvalue weighted by Gasteiger charge is -2.29. The van der Waals surface area contributed by atoms with Crippen LogP contribution in [-0.2, 0) is 26.1 Å². The summed E-state index contributed by atoms with van der Waals surface area (Å²) in [6, 6.07) is 25.2. The number of aliphatic carboxylic acids is 1. The Labute approximate surface area is 268 Å². The lowest BCUT2D eigenvalue weighted by molar-refractivity contribution is -0.139. The summed E-state index contributed by atoms with van der Waals surface area (Å²) in [5, 5.41) is 12.9. The number of aryl methyl sites for hydroxylation is 1. The van der Waals surface area contributed by atoms with Crippen LogP contribution in [0.15, 0.2) is 106 Å². The average Bonchev–Trinajstić information content (AvgIpc) is 3.37. The molecule has 0 aliphatic carbocycles. The number of carbonyl (C=O) groups is 2. The average molecular weight is 662 g/mol. The van der Waals surface area contributed by atoms with Crippen LogP contribution in [0.5, 0.6) is 0 Å². The minimum absolute atomic E-state index is 0.0351. The van der Waals surface area contributed by atoms with Gasteiger partial charge in [0.25, 0.3) is 27.2 Å². The largest absolute Gasteiger partial charge is 0.480 e. The predicted octanol–water partition coefficient (Wildman–Crippen LogP) is 6.51. The topological polar surface area (TPSA) is 166 Å². The van der Waals surface area contributed by atoms with E-state index in [0.29, 0.717) is 22.2 Å². The van der Waals surface area contributed by atoms with Crippen molar-refractivity contribution < 1.29 is 36.3 Å². The predicted molar refractivity (Wildman–Crippen MR) is 178 cm³/mol. The van der Waals surface area contributed by atoms with E-state index in [1.54, 1.807) is 106 Å². The summed E-state index contributed by atoms with van der Waals surface area (Å²) < 4.78 is 57.2. The van der Waals surface area contributed by atoms with Crippen LogP contribution in [-0.4, -0.2) is 40.2 Å². The molecule has 1 heterocycles. The molecule has 11 nitrogen and oxygen atoms in total. The summed E-state index contributed by atoms with van der Waals surface area (Å²) in [6.07, 6.45) is 0. The van der Waals surface area contributed by atoms with Crippen LogP contribution in [0.1, 0.15) is 30.0 Å². The first-order valence-corrected chi connectivity index (χ1v) is 16.7. The summed E-state index contributed by atoms with van der Waals surface area (Å²) in [4.78, 5) is 25.1. The summed E-state index contributed by atoms with van der Waals surface area (Å²) in [7, 11) is -3.87. The van der Waals surface area contributed by atoms with Gasteiger partial charge in [0, 0.05) is 16.6 Å². The van der Waals surface area contributed by atoms with Gasteiger partial charge in [-0.1, -0.05) is 62.4 Å². The number of amides is 1. The monoisotopic (exact) mass is 661 g/mol. The Morgan fingerprint density at radius 1 is 0.870 bits per heavy atom. The molecule has 0 radical (unpaired) electrons. The van der Waals surface area contributed by atoms with Crippen LogP contribution in [0.2, 0.25) is 0 Å². The molecule has 2 unspecified atom stereocenters. The fraction of sp³-hybridized carbons (Fsp3) is 0.152. The van der Waals surface area contributed by atoms with E-state index in [4.69, 9.17) is 4.42 Å². The van der Waals surface area contributed by atoms with E-state index in [2.05, 4.69) is 10.0 Å². The molecule has 0 saturated carbocycles. The van der Waals surface area contributed by atoms with E-state index in [-0.39, 0.29) is 22.0 Å². The van der Waals surface area contributed by atoms with Crippen molar-refractivity contribution in [2.24, 2.45) is 5.92 Å². The second kappa shape index (κ2) is 13.2. The number of hydrogen-bond donors (Lipinski definition) is 4. The minimum Gasteiger partial charge on any atom is -0.480 e. The highest BCUT2D eigenvalue weighted by Gasteiger charge is 2.33. The third kappa shape index (κ3) is 6.66. The van der Waals surface area contributed by atoms with Crippen molar-refractivity contribution in [1.29, 1.82) is 0 Å². The highest BCUT2D eigenvalue weighted by Crippen LogP contribution is 2.34. The highest BCUT2D eigenvalue weighted by molar-refractivity contribution is 7.92. The van der Waals surface area contributed by atoms with Gasteiger partial charge in [-0.05, 0) is 72.5 Å². The Kier molecular flexibility index (Phi) is 9.28. The molecule has 4 aromatic carbocycles. The van der Waals surface area contributed by atoms with Gasteiger partial charge >= 0.3 is 5.97 Å². The maximum absolute atomic E-state index is 13.2. The van der Waals surface area contributed by atoms with Gasteiger partial charge in [0.2, 0.25) is 0 Å². The number of carbonyl (C=O) groups excluding carboxylic acids is 1. The smallest absolute Gasteiger partial charge is 0.327 e. The molecule has 13 heteroatoms. The SMILES string of the molecule is Cc1c(C(=O)Nc2ccc(-c3ccc(N(C(C(=O)O)C(C)C)S(=O)O)cc3)cc2)oc2cccc(NS(=O)(=O)c3ccccc3)c12. The summed E-state index contributed by atoms with van der Waals surface area (Å²) in [5.74, 6) is -2.11. The lowest BCUT2D eigenvalue weighted by atomic mass is 10.0.